The number of aryl methyl sites for hydroxylation is 2. The molecule has 1 aromatic carbocycles. The van der Waals surface area contributed by atoms with Crippen LogP contribution in [0.2, 0.25) is 0 Å². The zero-order valence-electron chi connectivity index (χ0n) is 11.1. The summed E-state index contributed by atoms with van der Waals surface area (Å²) in [5, 5.41) is 0. The Morgan fingerprint density at radius 2 is 1.50 bits per heavy atom. The summed E-state index contributed by atoms with van der Waals surface area (Å²) in [5.41, 5.74) is 6.93. The fourth-order valence-corrected chi connectivity index (χ4v) is 1.87. The van der Waals surface area contributed by atoms with Crippen LogP contribution < -0.4 is 0 Å². The molecule has 0 aliphatic heterocycles. The largest absolute Gasteiger partial charge is 0.0801 e. The van der Waals surface area contributed by atoms with E-state index in [2.05, 4.69) is 51.1 Å². The Balaban J connectivity index is 0.000000606. The third kappa shape index (κ3) is 2.63. The van der Waals surface area contributed by atoms with E-state index in [0.29, 0.717) is 0 Å². The number of hydrogen-bond acceptors (Lipinski definition) is 0. The minimum atomic E-state index is 1.08. The molecule has 1 aliphatic carbocycles. The zero-order chi connectivity index (χ0) is 12.1. The molecule has 1 aliphatic rings. The van der Waals surface area contributed by atoms with Crippen LogP contribution in [0, 0.1) is 20.8 Å². The molecule has 2 rings (SSSR count). The minimum Gasteiger partial charge on any atom is -0.0801 e. The maximum absolute atomic E-state index is 2.28. The average molecular weight is 214 g/mol. The molecule has 0 aromatic heterocycles. The summed E-state index contributed by atoms with van der Waals surface area (Å²) in [4.78, 5) is 0. The van der Waals surface area contributed by atoms with E-state index < -0.39 is 0 Å². The Morgan fingerprint density at radius 1 is 0.938 bits per heavy atom. The molecule has 0 N–H and O–H groups in total. The van der Waals surface area contributed by atoms with E-state index >= 15 is 0 Å². The van der Waals surface area contributed by atoms with Gasteiger partial charge in [0.15, 0.2) is 0 Å². The van der Waals surface area contributed by atoms with Gasteiger partial charge in [-0.05, 0) is 55.0 Å². The second kappa shape index (κ2) is 5.69. The summed E-state index contributed by atoms with van der Waals surface area (Å²) in [5.74, 6) is 0. The van der Waals surface area contributed by atoms with E-state index in [0.717, 1.165) is 6.42 Å². The van der Waals surface area contributed by atoms with Crippen LogP contribution in [0.1, 0.15) is 42.5 Å². The molecule has 0 saturated carbocycles. The van der Waals surface area contributed by atoms with Crippen LogP contribution in [0.3, 0.4) is 0 Å². The van der Waals surface area contributed by atoms with Gasteiger partial charge in [-0.3, -0.25) is 0 Å². The number of rotatable bonds is 1. The minimum absolute atomic E-state index is 1.08. The molecule has 0 radical (unpaired) electrons. The number of allylic oxidation sites excluding steroid dienone is 4. The average Bonchev–Trinajstić information content (AvgIpc) is 2.81. The highest BCUT2D eigenvalue weighted by Crippen LogP contribution is 2.25. The lowest BCUT2D eigenvalue weighted by atomic mass is 9.97. The van der Waals surface area contributed by atoms with Crippen LogP contribution in [0.5, 0.6) is 0 Å². The molecule has 1 aromatic rings. The highest BCUT2D eigenvalue weighted by molar-refractivity contribution is 5.77. The molecule has 0 fully saturated rings. The van der Waals surface area contributed by atoms with Crippen molar-refractivity contribution in [3.63, 3.8) is 0 Å². The normalized spacial score (nSPS) is 13.2. The first-order valence-corrected chi connectivity index (χ1v) is 6.13. The van der Waals surface area contributed by atoms with Crippen molar-refractivity contribution in [1.82, 2.24) is 0 Å². The molecule has 0 nitrogen and oxygen atoms in total. The molecule has 86 valence electrons. The first-order valence-electron chi connectivity index (χ1n) is 6.13. The SMILES string of the molecule is CC.Cc1cc(C2=CCC=C2)cc(C)c1C. The molecule has 0 unspecified atom stereocenters. The quantitative estimate of drug-likeness (QED) is 0.618. The predicted octanol–water partition coefficient (Wildman–Crippen LogP) is 4.98. The lowest BCUT2D eigenvalue weighted by Crippen LogP contribution is -1.90. The predicted molar refractivity (Wildman–Crippen MR) is 73.7 cm³/mol. The molecular weight excluding hydrogens is 192 g/mol. The van der Waals surface area contributed by atoms with Gasteiger partial charge < -0.3 is 0 Å². The topological polar surface area (TPSA) is 0 Å². The first-order chi connectivity index (χ1) is 7.68. The summed E-state index contributed by atoms with van der Waals surface area (Å²) >= 11 is 0. The summed E-state index contributed by atoms with van der Waals surface area (Å²) in [6.07, 6.45) is 7.79. The maximum atomic E-state index is 2.28. The summed E-state index contributed by atoms with van der Waals surface area (Å²) in [6.45, 7) is 10.6. The molecule has 0 heteroatoms. The second-order valence-corrected chi connectivity index (χ2v) is 4.03. The Kier molecular flexibility index (Phi) is 4.54. The number of benzene rings is 1. The van der Waals surface area contributed by atoms with Gasteiger partial charge in [-0.1, -0.05) is 44.2 Å². The zero-order valence-corrected chi connectivity index (χ0v) is 11.1. The molecule has 0 spiro atoms. The fraction of sp³-hybridized carbons (Fsp3) is 0.375. The standard InChI is InChI=1S/C14H16.C2H6/c1-10-8-14(9-11(2)12(10)3)13-6-4-5-7-13;1-2/h4,6-9H,5H2,1-3H3;1-2H3. The van der Waals surface area contributed by atoms with Gasteiger partial charge in [-0.15, -0.1) is 0 Å². The summed E-state index contributed by atoms with van der Waals surface area (Å²) in [6, 6.07) is 4.56. The van der Waals surface area contributed by atoms with Crippen molar-refractivity contribution < 1.29 is 0 Å². The maximum Gasteiger partial charge on any atom is -0.0157 e. The van der Waals surface area contributed by atoms with Crippen molar-refractivity contribution in [1.29, 1.82) is 0 Å². The second-order valence-electron chi connectivity index (χ2n) is 4.03. The molecule has 0 bridgehead atoms. The highest BCUT2D eigenvalue weighted by atomic mass is 14.1. The van der Waals surface area contributed by atoms with Gasteiger partial charge in [0.2, 0.25) is 0 Å². The van der Waals surface area contributed by atoms with Gasteiger partial charge in [0.1, 0.15) is 0 Å². The van der Waals surface area contributed by atoms with Gasteiger partial charge in [-0.2, -0.15) is 0 Å². The summed E-state index contributed by atoms with van der Waals surface area (Å²) in [7, 11) is 0. The van der Waals surface area contributed by atoms with E-state index in [1.165, 1.54) is 27.8 Å². The van der Waals surface area contributed by atoms with Crippen LogP contribution in [-0.4, -0.2) is 0 Å². The van der Waals surface area contributed by atoms with Crippen molar-refractivity contribution in [3.05, 3.63) is 52.6 Å². The lowest BCUT2D eigenvalue weighted by Gasteiger charge is -2.08. The Labute approximate surface area is 99.7 Å². The first kappa shape index (κ1) is 12.8. The van der Waals surface area contributed by atoms with E-state index in [9.17, 15) is 0 Å². The van der Waals surface area contributed by atoms with E-state index in [1.807, 2.05) is 13.8 Å². The van der Waals surface area contributed by atoms with Gasteiger partial charge >= 0.3 is 0 Å². The Morgan fingerprint density at radius 3 is 1.94 bits per heavy atom. The van der Waals surface area contributed by atoms with Crippen molar-refractivity contribution in [2.24, 2.45) is 0 Å². The van der Waals surface area contributed by atoms with Gasteiger partial charge in [0.05, 0.1) is 0 Å². The van der Waals surface area contributed by atoms with Gasteiger partial charge in [0, 0.05) is 0 Å². The molecule has 0 atom stereocenters. The third-order valence-electron chi connectivity index (χ3n) is 3.03. The number of hydrogen-bond donors (Lipinski definition) is 0. The van der Waals surface area contributed by atoms with Gasteiger partial charge in [-0.25, -0.2) is 0 Å². The van der Waals surface area contributed by atoms with Crippen molar-refractivity contribution in [2.45, 2.75) is 41.0 Å². The lowest BCUT2D eigenvalue weighted by molar-refractivity contribution is 1.26. The Hall–Kier alpha value is -1.30. The molecule has 0 amide bonds. The van der Waals surface area contributed by atoms with E-state index in [4.69, 9.17) is 0 Å². The van der Waals surface area contributed by atoms with Crippen LogP contribution in [0.15, 0.2) is 30.4 Å². The molecule has 16 heavy (non-hydrogen) atoms. The fourth-order valence-electron chi connectivity index (χ4n) is 1.87. The van der Waals surface area contributed by atoms with Crippen LogP contribution in [-0.2, 0) is 0 Å². The van der Waals surface area contributed by atoms with Crippen LogP contribution in [0.25, 0.3) is 5.57 Å². The third-order valence-corrected chi connectivity index (χ3v) is 3.03. The summed E-state index contributed by atoms with van der Waals surface area (Å²) < 4.78 is 0. The molecule has 0 saturated heterocycles. The molecular formula is C16H22. The van der Waals surface area contributed by atoms with Crippen molar-refractivity contribution in [2.75, 3.05) is 0 Å². The molecule has 0 heterocycles. The van der Waals surface area contributed by atoms with Crippen molar-refractivity contribution in [3.8, 4) is 0 Å². The smallest absolute Gasteiger partial charge is 0.0157 e. The van der Waals surface area contributed by atoms with Gasteiger partial charge in [0.25, 0.3) is 0 Å². The Bertz CT molecular complexity index is 397. The monoisotopic (exact) mass is 214 g/mol. The van der Waals surface area contributed by atoms with E-state index in [-0.39, 0.29) is 0 Å². The van der Waals surface area contributed by atoms with Crippen LogP contribution in [0.4, 0.5) is 0 Å². The van der Waals surface area contributed by atoms with Crippen LogP contribution >= 0.6 is 0 Å². The van der Waals surface area contributed by atoms with Crippen molar-refractivity contribution >= 4 is 5.57 Å². The highest BCUT2D eigenvalue weighted by Gasteiger charge is 2.05. The van der Waals surface area contributed by atoms with E-state index in [1.54, 1.807) is 0 Å².